The summed E-state index contributed by atoms with van der Waals surface area (Å²) < 4.78 is 8.42. The lowest BCUT2D eigenvalue weighted by molar-refractivity contribution is 0.0953. The number of aromatic nitrogens is 2. The minimum absolute atomic E-state index is 0.145. The van der Waals surface area contributed by atoms with E-state index in [2.05, 4.69) is 60.1 Å². The van der Waals surface area contributed by atoms with Crippen molar-refractivity contribution >= 4 is 28.5 Å². The quantitative estimate of drug-likeness (QED) is 0.211. The second-order valence-corrected chi connectivity index (χ2v) is 9.66. The molecule has 1 aromatic heterocycles. The van der Waals surface area contributed by atoms with Crippen LogP contribution in [-0.4, -0.2) is 28.6 Å². The number of ether oxygens (including phenoxy) is 1. The number of rotatable bonds is 12. The molecule has 6 heteroatoms. The average molecular weight is 504 g/mol. The Morgan fingerprint density at radius 2 is 1.72 bits per heavy atom. The number of para-hydroxylation sites is 3. The summed E-state index contributed by atoms with van der Waals surface area (Å²) in [7, 11) is 0. The maximum atomic E-state index is 12.4. The Balaban J connectivity index is 1.30. The summed E-state index contributed by atoms with van der Waals surface area (Å²) in [5.41, 5.74) is 3.92. The fourth-order valence-electron chi connectivity index (χ4n) is 4.40. The molecule has 0 aliphatic carbocycles. The summed E-state index contributed by atoms with van der Waals surface area (Å²) in [4.78, 5) is 17.3. The van der Waals surface area contributed by atoms with Crippen LogP contribution in [0.4, 0.5) is 0 Å². The SMILES string of the molecule is CC(C)c1ccccc1OCCCCn1c(CCCNC(=O)c2ccccc2Cl)nc2ccccc21. The second kappa shape index (κ2) is 12.6. The molecule has 3 aromatic carbocycles. The molecule has 0 bridgehead atoms. The largest absolute Gasteiger partial charge is 0.493 e. The highest BCUT2D eigenvalue weighted by molar-refractivity contribution is 6.33. The van der Waals surface area contributed by atoms with Crippen molar-refractivity contribution in [2.24, 2.45) is 0 Å². The lowest BCUT2D eigenvalue weighted by Gasteiger charge is -2.14. The molecule has 0 radical (unpaired) electrons. The monoisotopic (exact) mass is 503 g/mol. The Morgan fingerprint density at radius 3 is 2.56 bits per heavy atom. The van der Waals surface area contributed by atoms with E-state index in [9.17, 15) is 4.79 Å². The van der Waals surface area contributed by atoms with Gasteiger partial charge in [0.25, 0.3) is 5.91 Å². The van der Waals surface area contributed by atoms with Crippen molar-refractivity contribution in [2.45, 2.75) is 52.0 Å². The highest BCUT2D eigenvalue weighted by Gasteiger charge is 2.12. The Bertz CT molecular complexity index is 1300. The lowest BCUT2D eigenvalue weighted by atomic mass is 10.0. The Hall–Kier alpha value is -3.31. The van der Waals surface area contributed by atoms with Gasteiger partial charge in [-0.3, -0.25) is 4.79 Å². The van der Waals surface area contributed by atoms with Crippen molar-refractivity contribution in [2.75, 3.05) is 13.2 Å². The van der Waals surface area contributed by atoms with Crippen molar-refractivity contribution in [3.63, 3.8) is 0 Å². The molecule has 0 unspecified atom stereocenters. The van der Waals surface area contributed by atoms with E-state index < -0.39 is 0 Å². The Morgan fingerprint density at radius 1 is 0.972 bits per heavy atom. The van der Waals surface area contributed by atoms with E-state index in [0.29, 0.717) is 29.7 Å². The van der Waals surface area contributed by atoms with Crippen LogP contribution >= 0.6 is 11.6 Å². The van der Waals surface area contributed by atoms with Crippen LogP contribution in [0.2, 0.25) is 5.02 Å². The molecule has 1 N–H and O–H groups in total. The van der Waals surface area contributed by atoms with Crippen molar-refractivity contribution in [3.8, 4) is 5.75 Å². The molecule has 1 heterocycles. The van der Waals surface area contributed by atoms with Crippen LogP contribution in [0.3, 0.4) is 0 Å². The molecule has 4 aromatic rings. The van der Waals surface area contributed by atoms with Crippen LogP contribution in [0.1, 0.15) is 60.8 Å². The number of nitrogens with one attached hydrogen (secondary N) is 1. The maximum Gasteiger partial charge on any atom is 0.252 e. The smallest absolute Gasteiger partial charge is 0.252 e. The van der Waals surface area contributed by atoms with Gasteiger partial charge < -0.3 is 14.6 Å². The van der Waals surface area contributed by atoms with E-state index in [0.717, 1.165) is 54.8 Å². The fourth-order valence-corrected chi connectivity index (χ4v) is 4.62. The summed E-state index contributed by atoms with van der Waals surface area (Å²) in [6, 6.07) is 23.7. The molecule has 5 nitrogen and oxygen atoms in total. The number of nitrogens with zero attached hydrogens (tertiary/aromatic N) is 2. The molecule has 4 rings (SSSR count). The van der Waals surface area contributed by atoms with Crippen LogP contribution in [0, 0.1) is 0 Å². The lowest BCUT2D eigenvalue weighted by Crippen LogP contribution is -2.25. The van der Waals surface area contributed by atoms with Gasteiger partial charge in [-0.1, -0.05) is 67.9 Å². The first-order valence-electron chi connectivity index (χ1n) is 12.7. The van der Waals surface area contributed by atoms with Crippen molar-refractivity contribution < 1.29 is 9.53 Å². The molecule has 0 saturated heterocycles. The summed E-state index contributed by atoms with van der Waals surface area (Å²) in [5.74, 6) is 2.33. The highest BCUT2D eigenvalue weighted by Crippen LogP contribution is 2.26. The predicted molar refractivity (Wildman–Crippen MR) is 147 cm³/mol. The van der Waals surface area contributed by atoms with Gasteiger partial charge in [0, 0.05) is 19.5 Å². The maximum absolute atomic E-state index is 12.4. The molecule has 0 atom stereocenters. The Labute approximate surface area is 218 Å². The number of unbranched alkanes of at least 4 members (excludes halogenated alkanes) is 1. The first-order chi connectivity index (χ1) is 17.5. The first-order valence-corrected chi connectivity index (χ1v) is 13.1. The number of fused-ring (bicyclic) bond motifs is 1. The molecule has 0 saturated carbocycles. The van der Waals surface area contributed by atoms with Gasteiger partial charge in [0.1, 0.15) is 11.6 Å². The fraction of sp³-hybridized carbons (Fsp3) is 0.333. The van der Waals surface area contributed by atoms with Crippen LogP contribution in [0.5, 0.6) is 5.75 Å². The number of amides is 1. The Kier molecular flexibility index (Phi) is 9.01. The number of hydrogen-bond donors (Lipinski definition) is 1. The van der Waals surface area contributed by atoms with Gasteiger partial charge in [0.15, 0.2) is 0 Å². The number of carbonyl (C=O) groups excluding carboxylic acids is 1. The predicted octanol–water partition coefficient (Wildman–Crippen LogP) is 7.03. The zero-order chi connectivity index (χ0) is 25.3. The summed E-state index contributed by atoms with van der Waals surface area (Å²) in [6.45, 7) is 6.53. The molecular formula is C30H34ClN3O2. The van der Waals surface area contributed by atoms with Gasteiger partial charge in [-0.25, -0.2) is 4.98 Å². The molecule has 188 valence electrons. The molecule has 0 aliphatic heterocycles. The average Bonchev–Trinajstić information content (AvgIpc) is 3.24. The number of benzene rings is 3. The van der Waals surface area contributed by atoms with Crippen molar-refractivity contribution in [3.05, 3.63) is 94.8 Å². The normalized spacial score (nSPS) is 11.2. The van der Waals surface area contributed by atoms with E-state index in [4.69, 9.17) is 21.3 Å². The van der Waals surface area contributed by atoms with Gasteiger partial charge in [-0.2, -0.15) is 0 Å². The van der Waals surface area contributed by atoms with Crippen LogP contribution in [-0.2, 0) is 13.0 Å². The topological polar surface area (TPSA) is 56.1 Å². The van der Waals surface area contributed by atoms with E-state index >= 15 is 0 Å². The van der Waals surface area contributed by atoms with Gasteiger partial charge >= 0.3 is 0 Å². The third kappa shape index (κ3) is 6.46. The standard InChI is InChI=1S/C30H34ClN3O2/c1-22(2)23-12-4-8-17-28(23)36-21-10-9-20-34-27-16-7-6-15-26(27)33-29(34)18-11-19-32-30(35)24-13-3-5-14-25(24)31/h3-8,12-17,22H,9-11,18-21H2,1-2H3,(H,32,35). The second-order valence-electron chi connectivity index (χ2n) is 9.26. The molecule has 0 fully saturated rings. The number of halogens is 1. The summed E-state index contributed by atoms with van der Waals surface area (Å²) in [5, 5.41) is 3.44. The zero-order valence-corrected chi connectivity index (χ0v) is 21.8. The third-order valence-electron chi connectivity index (χ3n) is 6.29. The molecule has 0 aliphatic rings. The minimum Gasteiger partial charge on any atom is -0.493 e. The van der Waals surface area contributed by atoms with Crippen LogP contribution in [0.15, 0.2) is 72.8 Å². The minimum atomic E-state index is -0.145. The van der Waals surface area contributed by atoms with Gasteiger partial charge in [0.2, 0.25) is 0 Å². The van der Waals surface area contributed by atoms with E-state index in [1.807, 2.05) is 24.3 Å². The molecule has 0 spiro atoms. The molecule has 36 heavy (non-hydrogen) atoms. The zero-order valence-electron chi connectivity index (χ0n) is 21.0. The number of imidazole rings is 1. The summed E-state index contributed by atoms with van der Waals surface area (Å²) in [6.07, 6.45) is 3.55. The molecular weight excluding hydrogens is 470 g/mol. The number of hydrogen-bond acceptors (Lipinski definition) is 3. The third-order valence-corrected chi connectivity index (χ3v) is 6.62. The van der Waals surface area contributed by atoms with Crippen LogP contribution in [0.25, 0.3) is 11.0 Å². The van der Waals surface area contributed by atoms with E-state index in [1.54, 1.807) is 12.1 Å². The van der Waals surface area contributed by atoms with Crippen molar-refractivity contribution in [1.82, 2.24) is 14.9 Å². The van der Waals surface area contributed by atoms with Crippen LogP contribution < -0.4 is 10.1 Å². The van der Waals surface area contributed by atoms with Gasteiger partial charge in [-0.05, 0) is 61.1 Å². The van der Waals surface area contributed by atoms with E-state index in [1.165, 1.54) is 5.56 Å². The first kappa shape index (κ1) is 25.8. The molecule has 1 amide bonds. The number of carbonyl (C=O) groups is 1. The van der Waals surface area contributed by atoms with Gasteiger partial charge in [-0.15, -0.1) is 0 Å². The summed E-state index contributed by atoms with van der Waals surface area (Å²) >= 11 is 6.14. The van der Waals surface area contributed by atoms with Gasteiger partial charge in [0.05, 0.1) is 28.2 Å². The van der Waals surface area contributed by atoms with E-state index in [-0.39, 0.29) is 5.91 Å². The highest BCUT2D eigenvalue weighted by atomic mass is 35.5. The van der Waals surface area contributed by atoms with Crippen molar-refractivity contribution in [1.29, 1.82) is 0 Å². The number of aryl methyl sites for hydroxylation is 2.